The van der Waals surface area contributed by atoms with Crippen LogP contribution in [0.5, 0.6) is 0 Å². The molecule has 1 aliphatic rings. The van der Waals surface area contributed by atoms with Gasteiger partial charge in [0, 0.05) is 36.3 Å². The molecular formula is C15H32N2. The first-order chi connectivity index (χ1) is 7.57. The first kappa shape index (κ1) is 15.0. The van der Waals surface area contributed by atoms with E-state index in [4.69, 9.17) is 0 Å². The van der Waals surface area contributed by atoms with Gasteiger partial charge in [0.15, 0.2) is 0 Å². The van der Waals surface area contributed by atoms with Crippen molar-refractivity contribution >= 4 is 0 Å². The van der Waals surface area contributed by atoms with Crippen molar-refractivity contribution in [3.05, 3.63) is 0 Å². The van der Waals surface area contributed by atoms with Gasteiger partial charge in [-0.25, -0.2) is 0 Å². The maximum Gasteiger partial charge on any atom is 0.0226 e. The van der Waals surface area contributed by atoms with Crippen LogP contribution >= 0.6 is 0 Å². The highest BCUT2D eigenvalue weighted by Gasteiger charge is 2.39. The van der Waals surface area contributed by atoms with Gasteiger partial charge in [0.2, 0.25) is 0 Å². The molecule has 102 valence electrons. The molecule has 0 aromatic carbocycles. The molecule has 0 aromatic heterocycles. The summed E-state index contributed by atoms with van der Waals surface area (Å²) in [5, 5.41) is 0. The summed E-state index contributed by atoms with van der Waals surface area (Å²) < 4.78 is 0. The first-order valence-corrected chi connectivity index (χ1v) is 7.11. The molecule has 1 fully saturated rings. The highest BCUT2D eigenvalue weighted by Crippen LogP contribution is 2.29. The number of piperazine rings is 1. The summed E-state index contributed by atoms with van der Waals surface area (Å²) in [6, 6.07) is 1.35. The summed E-state index contributed by atoms with van der Waals surface area (Å²) in [4.78, 5) is 5.36. The Morgan fingerprint density at radius 1 is 0.882 bits per heavy atom. The van der Waals surface area contributed by atoms with Crippen LogP contribution in [0.3, 0.4) is 0 Å². The van der Waals surface area contributed by atoms with Crippen molar-refractivity contribution in [2.24, 2.45) is 0 Å². The van der Waals surface area contributed by atoms with E-state index in [0.29, 0.717) is 17.6 Å². The molecule has 0 saturated carbocycles. The van der Waals surface area contributed by atoms with E-state index in [1.165, 1.54) is 19.5 Å². The van der Waals surface area contributed by atoms with Crippen molar-refractivity contribution in [1.82, 2.24) is 9.80 Å². The molecule has 1 heterocycles. The Morgan fingerprint density at radius 3 is 1.71 bits per heavy atom. The fourth-order valence-electron chi connectivity index (χ4n) is 3.14. The fraction of sp³-hybridized carbons (Fsp3) is 1.00. The van der Waals surface area contributed by atoms with Crippen LogP contribution in [0.15, 0.2) is 0 Å². The lowest BCUT2D eigenvalue weighted by Crippen LogP contribution is -2.65. The number of rotatable bonds is 1. The molecule has 0 unspecified atom stereocenters. The van der Waals surface area contributed by atoms with E-state index >= 15 is 0 Å². The molecule has 0 amide bonds. The maximum atomic E-state index is 2.69. The summed E-state index contributed by atoms with van der Waals surface area (Å²) >= 11 is 0. The monoisotopic (exact) mass is 240 g/mol. The minimum absolute atomic E-state index is 0.289. The third kappa shape index (κ3) is 3.45. The Kier molecular flexibility index (Phi) is 4.31. The fourth-order valence-corrected chi connectivity index (χ4v) is 3.14. The number of hydrogen-bond donors (Lipinski definition) is 0. The lowest BCUT2D eigenvalue weighted by atomic mass is 9.92. The third-order valence-electron chi connectivity index (χ3n) is 4.04. The molecule has 1 saturated heterocycles. The molecular weight excluding hydrogens is 208 g/mol. The molecule has 0 aromatic rings. The normalized spacial score (nSPS) is 29.6. The Hall–Kier alpha value is -0.0800. The van der Waals surface area contributed by atoms with Gasteiger partial charge in [0.25, 0.3) is 0 Å². The predicted octanol–water partition coefficient (Wildman–Crippen LogP) is 3.37. The predicted molar refractivity (Wildman–Crippen MR) is 76.5 cm³/mol. The van der Waals surface area contributed by atoms with Crippen LogP contribution < -0.4 is 0 Å². The van der Waals surface area contributed by atoms with Crippen LogP contribution in [0.1, 0.15) is 61.8 Å². The zero-order valence-corrected chi connectivity index (χ0v) is 13.2. The van der Waals surface area contributed by atoms with Crippen LogP contribution in [0.2, 0.25) is 0 Å². The van der Waals surface area contributed by atoms with Gasteiger partial charge in [0.1, 0.15) is 0 Å². The first-order valence-electron chi connectivity index (χ1n) is 7.11. The van der Waals surface area contributed by atoms with Crippen molar-refractivity contribution in [2.45, 2.75) is 85.0 Å². The summed E-state index contributed by atoms with van der Waals surface area (Å²) in [6.07, 6.45) is 1.25. The molecule has 0 bridgehead atoms. The molecule has 0 aliphatic carbocycles. The zero-order chi connectivity index (χ0) is 13.4. The number of nitrogens with zero attached hydrogens (tertiary/aromatic N) is 2. The van der Waals surface area contributed by atoms with Crippen LogP contribution in [0.4, 0.5) is 0 Å². The van der Waals surface area contributed by atoms with Gasteiger partial charge < -0.3 is 0 Å². The average Bonchev–Trinajstić information content (AvgIpc) is 2.14. The Morgan fingerprint density at radius 2 is 1.35 bits per heavy atom. The SMILES string of the molecule is CC[C@H]1CN(C(C)(C)C)[C@H](C)CN1C(C)(C)C. The Bertz CT molecular complexity index is 247. The molecule has 0 spiro atoms. The van der Waals surface area contributed by atoms with Crippen LogP contribution in [0, 0.1) is 0 Å². The maximum absolute atomic E-state index is 2.69. The zero-order valence-electron chi connectivity index (χ0n) is 13.2. The lowest BCUT2D eigenvalue weighted by Gasteiger charge is -2.54. The van der Waals surface area contributed by atoms with Crippen molar-refractivity contribution in [1.29, 1.82) is 0 Å². The van der Waals surface area contributed by atoms with Gasteiger partial charge in [-0.2, -0.15) is 0 Å². The standard InChI is InChI=1S/C15H32N2/c1-9-13-11-16(14(3,4)5)12(2)10-17(13)15(6,7)8/h12-13H,9-11H2,1-8H3/t12-,13+/m1/s1. The highest BCUT2D eigenvalue weighted by molar-refractivity contribution is 4.95. The largest absolute Gasteiger partial charge is 0.293 e. The molecule has 2 nitrogen and oxygen atoms in total. The van der Waals surface area contributed by atoms with Gasteiger partial charge >= 0.3 is 0 Å². The molecule has 1 rings (SSSR count). The van der Waals surface area contributed by atoms with Crippen LogP contribution in [-0.2, 0) is 0 Å². The van der Waals surface area contributed by atoms with Gasteiger partial charge in [0.05, 0.1) is 0 Å². The molecule has 1 aliphatic heterocycles. The smallest absolute Gasteiger partial charge is 0.0226 e. The molecule has 0 radical (unpaired) electrons. The van der Waals surface area contributed by atoms with E-state index in [1.807, 2.05) is 0 Å². The summed E-state index contributed by atoms with van der Waals surface area (Å²) in [6.45, 7) is 21.1. The number of hydrogen-bond acceptors (Lipinski definition) is 2. The van der Waals surface area contributed by atoms with Crippen molar-refractivity contribution < 1.29 is 0 Å². The van der Waals surface area contributed by atoms with Gasteiger partial charge in [-0.3, -0.25) is 9.80 Å². The summed E-state index contributed by atoms with van der Waals surface area (Å²) in [5.41, 5.74) is 0.579. The summed E-state index contributed by atoms with van der Waals surface area (Å²) in [7, 11) is 0. The second-order valence-electron chi connectivity index (χ2n) is 7.56. The van der Waals surface area contributed by atoms with E-state index in [0.717, 1.165) is 0 Å². The minimum atomic E-state index is 0.289. The second-order valence-corrected chi connectivity index (χ2v) is 7.56. The quantitative estimate of drug-likeness (QED) is 0.693. The summed E-state index contributed by atoms with van der Waals surface area (Å²) in [5.74, 6) is 0. The van der Waals surface area contributed by atoms with E-state index in [2.05, 4.69) is 65.2 Å². The van der Waals surface area contributed by atoms with Gasteiger partial charge in [-0.05, 0) is 54.9 Å². The third-order valence-corrected chi connectivity index (χ3v) is 4.04. The minimum Gasteiger partial charge on any atom is -0.293 e. The van der Waals surface area contributed by atoms with Crippen LogP contribution in [-0.4, -0.2) is 46.1 Å². The molecule has 2 atom stereocenters. The van der Waals surface area contributed by atoms with Gasteiger partial charge in [-0.15, -0.1) is 0 Å². The van der Waals surface area contributed by atoms with E-state index < -0.39 is 0 Å². The topological polar surface area (TPSA) is 6.48 Å². The van der Waals surface area contributed by atoms with E-state index in [9.17, 15) is 0 Å². The Balaban J connectivity index is 2.86. The lowest BCUT2D eigenvalue weighted by molar-refractivity contribution is -0.0537. The molecule has 17 heavy (non-hydrogen) atoms. The van der Waals surface area contributed by atoms with Gasteiger partial charge in [-0.1, -0.05) is 6.92 Å². The average molecular weight is 240 g/mol. The van der Waals surface area contributed by atoms with Crippen molar-refractivity contribution in [3.8, 4) is 0 Å². The Labute approximate surface area is 108 Å². The van der Waals surface area contributed by atoms with E-state index in [1.54, 1.807) is 0 Å². The molecule has 0 N–H and O–H groups in total. The van der Waals surface area contributed by atoms with Crippen LogP contribution in [0.25, 0.3) is 0 Å². The second kappa shape index (κ2) is 4.89. The highest BCUT2D eigenvalue weighted by atomic mass is 15.3. The molecule has 2 heteroatoms. The van der Waals surface area contributed by atoms with E-state index in [-0.39, 0.29) is 5.54 Å². The van der Waals surface area contributed by atoms with Crippen molar-refractivity contribution in [2.75, 3.05) is 13.1 Å². The van der Waals surface area contributed by atoms with Crippen molar-refractivity contribution in [3.63, 3.8) is 0 Å².